The Morgan fingerprint density at radius 3 is 1.35 bits per heavy atom. The van der Waals surface area contributed by atoms with Crippen molar-refractivity contribution in [3.05, 3.63) is 48.6 Å². The highest BCUT2D eigenvalue weighted by Gasteiger charge is 2.41. The number of likely N-dealkylation sites (tertiary alicyclic amines) is 1. The molecule has 0 spiro atoms. The molecule has 310 valence electrons. The number of nitrogens with zero attached hydrogens (tertiary/aromatic N) is 1. The van der Waals surface area contributed by atoms with Crippen LogP contribution in [0.25, 0.3) is 0 Å². The summed E-state index contributed by atoms with van der Waals surface area (Å²) in [5, 5.41) is 0. The number of unbranched alkanes of at least 4 members (excludes halogenated alkanes) is 17. The SMILES string of the molecule is CCCCCC=CCC=CCCCCCCCC(=O)O[C@@H]1CN(C(=O)[C@@H](N)CCCCN)C[C@H]1OC(=O)CCCCCCCC=CCC=CCCCCC. The molecule has 0 aliphatic carbocycles. The third-order valence-corrected chi connectivity index (χ3v) is 10.0. The Hall–Kier alpha value is -2.71. The van der Waals surface area contributed by atoms with E-state index < -0.39 is 18.2 Å². The lowest BCUT2D eigenvalue weighted by Gasteiger charge is -2.20. The highest BCUT2D eigenvalue weighted by Crippen LogP contribution is 2.21. The van der Waals surface area contributed by atoms with Gasteiger partial charge in [-0.1, -0.05) is 133 Å². The van der Waals surface area contributed by atoms with Gasteiger partial charge in [-0.25, -0.2) is 0 Å². The van der Waals surface area contributed by atoms with Gasteiger partial charge in [-0.05, 0) is 96.4 Å². The predicted octanol–water partition coefficient (Wildman–Crippen LogP) is 10.7. The number of hydrogen-bond donors (Lipinski definition) is 2. The molecule has 0 aromatic heterocycles. The minimum atomic E-state index is -0.677. The Kier molecular flexibility index (Phi) is 32.8. The first-order valence-corrected chi connectivity index (χ1v) is 22.2. The lowest BCUT2D eigenvalue weighted by molar-refractivity contribution is -0.164. The number of rotatable bonds is 35. The molecule has 8 heteroatoms. The average Bonchev–Trinajstić information content (AvgIpc) is 3.55. The zero-order chi connectivity index (χ0) is 39.3. The van der Waals surface area contributed by atoms with Crippen molar-refractivity contribution in [2.24, 2.45) is 11.5 Å². The molecule has 1 saturated heterocycles. The van der Waals surface area contributed by atoms with Gasteiger partial charge >= 0.3 is 11.9 Å². The van der Waals surface area contributed by atoms with Gasteiger partial charge in [-0.2, -0.15) is 0 Å². The van der Waals surface area contributed by atoms with Crippen LogP contribution in [0.3, 0.4) is 0 Å². The first-order valence-electron chi connectivity index (χ1n) is 22.2. The Morgan fingerprint density at radius 2 is 0.944 bits per heavy atom. The molecule has 54 heavy (non-hydrogen) atoms. The predicted molar refractivity (Wildman–Crippen MR) is 226 cm³/mol. The van der Waals surface area contributed by atoms with Crippen LogP contribution < -0.4 is 11.5 Å². The molecule has 1 aliphatic heterocycles. The molecule has 4 N–H and O–H groups in total. The lowest BCUT2D eigenvalue weighted by Crippen LogP contribution is -2.43. The van der Waals surface area contributed by atoms with Crippen molar-refractivity contribution in [3.8, 4) is 0 Å². The first kappa shape index (κ1) is 49.3. The number of amides is 1. The fourth-order valence-electron chi connectivity index (χ4n) is 6.63. The topological polar surface area (TPSA) is 125 Å². The van der Waals surface area contributed by atoms with Crippen LogP contribution in [0, 0.1) is 0 Å². The quantitative estimate of drug-likeness (QED) is 0.0375. The van der Waals surface area contributed by atoms with E-state index in [4.69, 9.17) is 20.9 Å². The second-order valence-electron chi connectivity index (χ2n) is 15.2. The third-order valence-electron chi connectivity index (χ3n) is 10.0. The molecule has 0 bridgehead atoms. The van der Waals surface area contributed by atoms with E-state index in [2.05, 4.69) is 62.5 Å². The van der Waals surface area contributed by atoms with Gasteiger partial charge in [0.1, 0.15) is 0 Å². The molecule has 0 saturated carbocycles. The van der Waals surface area contributed by atoms with Crippen LogP contribution in [0.15, 0.2) is 48.6 Å². The molecular weight excluding hydrogens is 675 g/mol. The fourth-order valence-corrected chi connectivity index (χ4v) is 6.63. The fraction of sp³-hybridized carbons (Fsp3) is 0.761. The van der Waals surface area contributed by atoms with Crippen molar-refractivity contribution in [1.29, 1.82) is 0 Å². The number of hydrogen-bond acceptors (Lipinski definition) is 7. The summed E-state index contributed by atoms with van der Waals surface area (Å²) in [7, 11) is 0. The second kappa shape index (κ2) is 36.0. The van der Waals surface area contributed by atoms with Crippen molar-refractivity contribution in [2.75, 3.05) is 19.6 Å². The van der Waals surface area contributed by atoms with Crippen LogP contribution in [-0.4, -0.2) is 60.6 Å². The Bertz CT molecular complexity index is 987. The van der Waals surface area contributed by atoms with Gasteiger partial charge in [0.25, 0.3) is 0 Å². The smallest absolute Gasteiger partial charge is 0.306 e. The molecule has 1 rings (SSSR count). The summed E-state index contributed by atoms with van der Waals surface area (Å²) in [6, 6.07) is -0.650. The number of carbonyl (C=O) groups excluding carboxylic acids is 3. The maximum atomic E-state index is 13.1. The van der Waals surface area contributed by atoms with E-state index in [1.807, 2.05) is 0 Å². The van der Waals surface area contributed by atoms with Crippen LogP contribution in [0.1, 0.15) is 187 Å². The third kappa shape index (κ3) is 27.8. The maximum Gasteiger partial charge on any atom is 0.306 e. The molecule has 1 heterocycles. The Labute approximate surface area is 331 Å². The average molecular weight is 756 g/mol. The van der Waals surface area contributed by atoms with E-state index in [9.17, 15) is 14.4 Å². The van der Waals surface area contributed by atoms with E-state index in [-0.39, 0.29) is 30.9 Å². The molecule has 0 unspecified atom stereocenters. The molecule has 1 aliphatic rings. The lowest BCUT2D eigenvalue weighted by atomic mass is 10.1. The van der Waals surface area contributed by atoms with E-state index >= 15 is 0 Å². The van der Waals surface area contributed by atoms with Crippen LogP contribution in [0.5, 0.6) is 0 Å². The summed E-state index contributed by atoms with van der Waals surface area (Å²) < 4.78 is 11.7. The van der Waals surface area contributed by atoms with Gasteiger partial charge in [0.2, 0.25) is 5.91 Å². The van der Waals surface area contributed by atoms with Crippen molar-refractivity contribution in [1.82, 2.24) is 4.90 Å². The van der Waals surface area contributed by atoms with Gasteiger partial charge in [0.05, 0.1) is 19.1 Å². The molecule has 3 atom stereocenters. The van der Waals surface area contributed by atoms with Crippen LogP contribution >= 0.6 is 0 Å². The van der Waals surface area contributed by atoms with Crippen molar-refractivity contribution in [3.63, 3.8) is 0 Å². The van der Waals surface area contributed by atoms with Crippen LogP contribution in [0.2, 0.25) is 0 Å². The monoisotopic (exact) mass is 756 g/mol. The Morgan fingerprint density at radius 1 is 0.556 bits per heavy atom. The summed E-state index contributed by atoms with van der Waals surface area (Å²) in [6.07, 6.45) is 44.1. The first-order chi connectivity index (χ1) is 26.4. The largest absolute Gasteiger partial charge is 0.456 e. The minimum absolute atomic E-state index is 0.193. The van der Waals surface area contributed by atoms with Crippen LogP contribution in [-0.2, 0) is 23.9 Å². The van der Waals surface area contributed by atoms with Crippen molar-refractivity contribution < 1.29 is 23.9 Å². The van der Waals surface area contributed by atoms with E-state index in [0.29, 0.717) is 25.8 Å². The number of nitrogens with two attached hydrogens (primary N) is 2. The maximum absolute atomic E-state index is 13.1. The summed E-state index contributed by atoms with van der Waals surface area (Å²) >= 11 is 0. The molecule has 0 radical (unpaired) electrons. The summed E-state index contributed by atoms with van der Waals surface area (Å²) in [6.45, 7) is 5.41. The normalized spacial score (nSPS) is 16.8. The standard InChI is InChI=1S/C46H81N3O5/c1-3-5-7-9-11-13-15-17-19-21-23-25-27-29-31-36-44(50)53-42-39-49(46(52)41(48)35-33-34-38-47)40-43(42)54-45(51)37-32-30-28-26-24-22-20-18-16-14-12-10-8-6-4-2/h11-14,17-20,41-43H,3-10,15-16,21-40,47-48H2,1-2H3/t41-,42+,43+/m0/s1. The summed E-state index contributed by atoms with van der Waals surface area (Å²) in [4.78, 5) is 40.4. The van der Waals surface area contributed by atoms with E-state index in [0.717, 1.165) is 103 Å². The number of allylic oxidation sites excluding steroid dienone is 8. The van der Waals surface area contributed by atoms with Crippen molar-refractivity contribution >= 4 is 17.8 Å². The van der Waals surface area contributed by atoms with Gasteiger partial charge in [0.15, 0.2) is 12.2 Å². The minimum Gasteiger partial charge on any atom is -0.456 e. The van der Waals surface area contributed by atoms with Crippen LogP contribution in [0.4, 0.5) is 0 Å². The van der Waals surface area contributed by atoms with E-state index in [1.54, 1.807) is 4.90 Å². The zero-order valence-electron chi connectivity index (χ0n) is 34.7. The second-order valence-corrected chi connectivity index (χ2v) is 15.2. The molecule has 1 amide bonds. The number of carbonyl (C=O) groups is 3. The van der Waals surface area contributed by atoms with E-state index in [1.165, 1.54) is 51.4 Å². The summed E-state index contributed by atoms with van der Waals surface area (Å²) in [5.41, 5.74) is 11.8. The highest BCUT2D eigenvalue weighted by molar-refractivity contribution is 5.82. The molecule has 0 aromatic carbocycles. The number of ether oxygens (including phenoxy) is 2. The molecule has 0 aromatic rings. The van der Waals surface area contributed by atoms with Gasteiger partial charge in [-0.15, -0.1) is 0 Å². The molecular formula is C46H81N3O5. The van der Waals surface area contributed by atoms with Crippen molar-refractivity contribution in [2.45, 2.75) is 205 Å². The zero-order valence-corrected chi connectivity index (χ0v) is 34.7. The summed E-state index contributed by atoms with van der Waals surface area (Å²) in [5.74, 6) is -0.807. The Balaban J connectivity index is 2.38. The number of esters is 2. The molecule has 1 fully saturated rings. The van der Waals surface area contributed by atoms with Gasteiger partial charge in [0, 0.05) is 12.8 Å². The highest BCUT2D eigenvalue weighted by atomic mass is 16.6. The van der Waals surface area contributed by atoms with Gasteiger partial charge in [-0.3, -0.25) is 14.4 Å². The molecule has 8 nitrogen and oxygen atoms in total. The van der Waals surface area contributed by atoms with Gasteiger partial charge < -0.3 is 25.8 Å².